The van der Waals surface area contributed by atoms with Crippen molar-refractivity contribution in [1.82, 2.24) is 10.3 Å². The predicted octanol–water partition coefficient (Wildman–Crippen LogP) is -0.384. The minimum Gasteiger partial charge on any atom is -0.394 e. The van der Waals surface area contributed by atoms with Gasteiger partial charge in [0.25, 0.3) is 5.91 Å². The van der Waals surface area contributed by atoms with Crippen molar-refractivity contribution in [3.63, 3.8) is 0 Å². The van der Waals surface area contributed by atoms with Crippen LogP contribution in [0.15, 0.2) is 11.7 Å². The number of aromatic nitrogens is 1. The van der Waals surface area contributed by atoms with Crippen LogP contribution < -0.4 is 5.32 Å². The molecule has 5 nitrogen and oxygen atoms in total. The second-order valence-corrected chi connectivity index (χ2v) is 4.08. The summed E-state index contributed by atoms with van der Waals surface area (Å²) in [6, 6.07) is 0. The molecule has 1 aromatic heterocycles. The molecule has 14 heavy (non-hydrogen) atoms. The maximum atomic E-state index is 11.5. The van der Waals surface area contributed by atoms with Crippen LogP contribution in [0.2, 0.25) is 0 Å². The zero-order chi connectivity index (χ0) is 10.6. The van der Waals surface area contributed by atoms with Gasteiger partial charge < -0.3 is 15.5 Å². The van der Waals surface area contributed by atoms with Crippen molar-refractivity contribution in [2.75, 3.05) is 13.2 Å². The summed E-state index contributed by atoms with van der Waals surface area (Å²) >= 11 is 1.21. The summed E-state index contributed by atoms with van der Waals surface area (Å²) < 4.78 is 0. The molecule has 0 aromatic carbocycles. The lowest BCUT2D eigenvalue weighted by Crippen LogP contribution is -2.51. The molecule has 0 fully saturated rings. The quantitative estimate of drug-likeness (QED) is 0.640. The molecule has 1 rings (SSSR count). The van der Waals surface area contributed by atoms with Gasteiger partial charge in [0.15, 0.2) is 0 Å². The molecule has 0 saturated heterocycles. The number of nitrogens with one attached hydrogen (secondary N) is 1. The Bertz CT molecular complexity index is 296. The molecule has 78 valence electrons. The highest BCUT2D eigenvalue weighted by Gasteiger charge is 2.25. The molecule has 6 heteroatoms. The third kappa shape index (κ3) is 2.50. The number of carbonyl (C=O) groups excluding carboxylic acids is 1. The highest BCUT2D eigenvalue weighted by Crippen LogP contribution is 2.08. The molecule has 0 unspecified atom stereocenters. The van der Waals surface area contributed by atoms with Crippen LogP contribution in [0.3, 0.4) is 0 Å². The number of carbonyl (C=O) groups is 1. The van der Waals surface area contributed by atoms with Crippen LogP contribution in [0, 0.1) is 0 Å². The molecule has 1 amide bonds. The van der Waals surface area contributed by atoms with Gasteiger partial charge in [-0.25, -0.2) is 0 Å². The lowest BCUT2D eigenvalue weighted by molar-refractivity contribution is 0.0727. The summed E-state index contributed by atoms with van der Waals surface area (Å²) in [5, 5.41) is 20.4. The smallest absolute Gasteiger partial charge is 0.263 e. The van der Waals surface area contributed by atoms with Gasteiger partial charge in [-0.2, -0.15) is 0 Å². The molecule has 0 saturated carbocycles. The molecule has 0 bridgehead atoms. The van der Waals surface area contributed by atoms with Crippen molar-refractivity contribution in [1.29, 1.82) is 0 Å². The summed E-state index contributed by atoms with van der Waals surface area (Å²) in [5.74, 6) is -0.335. The maximum Gasteiger partial charge on any atom is 0.263 e. The van der Waals surface area contributed by atoms with Crippen molar-refractivity contribution < 1.29 is 15.0 Å². The van der Waals surface area contributed by atoms with Crippen molar-refractivity contribution in [3.8, 4) is 0 Å². The first kappa shape index (κ1) is 11.1. The monoisotopic (exact) mass is 216 g/mol. The zero-order valence-electron chi connectivity index (χ0n) is 7.73. The first-order chi connectivity index (χ1) is 6.61. The van der Waals surface area contributed by atoms with E-state index < -0.39 is 5.54 Å². The number of hydrogen-bond donors (Lipinski definition) is 3. The van der Waals surface area contributed by atoms with Gasteiger partial charge in [-0.05, 0) is 6.92 Å². The fourth-order valence-corrected chi connectivity index (χ4v) is 1.31. The molecule has 0 spiro atoms. The van der Waals surface area contributed by atoms with Gasteiger partial charge in [0.1, 0.15) is 4.88 Å². The van der Waals surface area contributed by atoms with E-state index in [0.29, 0.717) is 4.88 Å². The van der Waals surface area contributed by atoms with E-state index in [-0.39, 0.29) is 19.1 Å². The Balaban J connectivity index is 2.65. The molecule has 0 aliphatic rings. The Morgan fingerprint density at radius 3 is 2.71 bits per heavy atom. The first-order valence-electron chi connectivity index (χ1n) is 4.04. The topological polar surface area (TPSA) is 82.5 Å². The number of rotatable bonds is 4. The number of nitrogens with zero attached hydrogens (tertiary/aromatic N) is 1. The Morgan fingerprint density at radius 2 is 2.29 bits per heavy atom. The summed E-state index contributed by atoms with van der Waals surface area (Å²) in [6.07, 6.45) is 1.44. The van der Waals surface area contributed by atoms with E-state index >= 15 is 0 Å². The highest BCUT2D eigenvalue weighted by atomic mass is 32.1. The molecule has 0 radical (unpaired) electrons. The Morgan fingerprint density at radius 1 is 1.64 bits per heavy atom. The van der Waals surface area contributed by atoms with Gasteiger partial charge in [0.2, 0.25) is 0 Å². The summed E-state index contributed by atoms with van der Waals surface area (Å²) in [7, 11) is 0. The molecular weight excluding hydrogens is 204 g/mol. The van der Waals surface area contributed by atoms with Crippen LogP contribution in [0.5, 0.6) is 0 Å². The van der Waals surface area contributed by atoms with Crippen LogP contribution in [0.25, 0.3) is 0 Å². The van der Waals surface area contributed by atoms with E-state index in [0.717, 1.165) is 0 Å². The van der Waals surface area contributed by atoms with Crippen LogP contribution >= 0.6 is 11.3 Å². The molecular formula is C8H12N2O3S. The SMILES string of the molecule is CC(CO)(CO)NC(=O)c1cncs1. The van der Waals surface area contributed by atoms with Crippen molar-refractivity contribution in [3.05, 3.63) is 16.6 Å². The van der Waals surface area contributed by atoms with Gasteiger partial charge in [-0.1, -0.05) is 0 Å². The van der Waals surface area contributed by atoms with Crippen LogP contribution in [0.1, 0.15) is 16.6 Å². The molecule has 0 atom stereocenters. The predicted molar refractivity (Wildman–Crippen MR) is 52.2 cm³/mol. The second kappa shape index (κ2) is 4.50. The first-order valence-corrected chi connectivity index (χ1v) is 4.92. The Kier molecular flexibility index (Phi) is 3.56. The lowest BCUT2D eigenvalue weighted by atomic mass is 10.1. The van der Waals surface area contributed by atoms with Gasteiger partial charge in [-0.15, -0.1) is 11.3 Å². The molecule has 0 aliphatic carbocycles. The number of hydrogen-bond acceptors (Lipinski definition) is 5. The number of thiazole rings is 1. The summed E-state index contributed by atoms with van der Waals surface area (Å²) in [5.41, 5.74) is 0.561. The zero-order valence-corrected chi connectivity index (χ0v) is 8.54. The van der Waals surface area contributed by atoms with Gasteiger partial charge in [0.05, 0.1) is 30.5 Å². The Hall–Kier alpha value is -0.980. The minimum absolute atomic E-state index is 0.311. The molecule has 0 aliphatic heterocycles. The van der Waals surface area contributed by atoms with Crippen LogP contribution in [0.4, 0.5) is 0 Å². The number of aliphatic hydroxyl groups excluding tert-OH is 2. The van der Waals surface area contributed by atoms with E-state index in [1.807, 2.05) is 0 Å². The Labute approximate surface area is 85.4 Å². The fourth-order valence-electron chi connectivity index (χ4n) is 0.793. The standard InChI is InChI=1S/C8H12N2O3S/c1-8(3-11,4-12)10-7(13)6-2-9-5-14-6/h2,5,11-12H,3-4H2,1H3,(H,10,13). The van der Waals surface area contributed by atoms with Crippen molar-refractivity contribution in [2.24, 2.45) is 0 Å². The summed E-state index contributed by atoms with van der Waals surface area (Å²) in [4.78, 5) is 15.7. The van der Waals surface area contributed by atoms with Crippen molar-refractivity contribution >= 4 is 17.2 Å². The van der Waals surface area contributed by atoms with Gasteiger partial charge in [0, 0.05) is 0 Å². The van der Waals surface area contributed by atoms with E-state index in [1.165, 1.54) is 17.5 Å². The third-order valence-corrected chi connectivity index (χ3v) is 2.54. The molecule has 3 N–H and O–H groups in total. The second-order valence-electron chi connectivity index (χ2n) is 3.20. The highest BCUT2D eigenvalue weighted by molar-refractivity contribution is 7.11. The van der Waals surface area contributed by atoms with Crippen molar-refractivity contribution in [2.45, 2.75) is 12.5 Å². The minimum atomic E-state index is -0.985. The molecule has 1 aromatic rings. The average molecular weight is 216 g/mol. The van der Waals surface area contributed by atoms with E-state index in [1.54, 1.807) is 12.4 Å². The number of aliphatic hydroxyl groups is 2. The van der Waals surface area contributed by atoms with Crippen LogP contribution in [-0.4, -0.2) is 39.9 Å². The van der Waals surface area contributed by atoms with Gasteiger partial charge in [-0.3, -0.25) is 9.78 Å². The number of amides is 1. The maximum absolute atomic E-state index is 11.5. The van der Waals surface area contributed by atoms with E-state index in [9.17, 15) is 4.79 Å². The molecule has 1 heterocycles. The lowest BCUT2D eigenvalue weighted by Gasteiger charge is -2.25. The largest absolute Gasteiger partial charge is 0.394 e. The van der Waals surface area contributed by atoms with E-state index in [2.05, 4.69) is 10.3 Å². The summed E-state index contributed by atoms with van der Waals surface area (Å²) in [6.45, 7) is 0.939. The normalized spacial score (nSPS) is 11.4. The fraction of sp³-hybridized carbons (Fsp3) is 0.500. The third-order valence-electron chi connectivity index (χ3n) is 1.77. The van der Waals surface area contributed by atoms with Gasteiger partial charge >= 0.3 is 0 Å². The van der Waals surface area contributed by atoms with E-state index in [4.69, 9.17) is 10.2 Å². The average Bonchev–Trinajstić information content (AvgIpc) is 2.70. The van der Waals surface area contributed by atoms with Crippen LogP contribution in [-0.2, 0) is 0 Å².